The van der Waals surface area contributed by atoms with E-state index < -0.39 is 0 Å². The van der Waals surface area contributed by atoms with E-state index >= 15 is 0 Å². The van der Waals surface area contributed by atoms with Crippen LogP contribution < -0.4 is 10.5 Å². The predicted octanol–water partition coefficient (Wildman–Crippen LogP) is 2.68. The molecule has 2 N–H and O–H groups in total. The maximum Gasteiger partial charge on any atom is 0.122 e. The zero-order valence-corrected chi connectivity index (χ0v) is 10.0. The molecule has 16 heavy (non-hydrogen) atoms. The zero-order chi connectivity index (χ0) is 11.4. The Morgan fingerprint density at radius 3 is 2.88 bits per heavy atom. The molecular formula is C14H21NO. The molecule has 0 bridgehead atoms. The Bertz CT molecular complexity index is 345. The van der Waals surface area contributed by atoms with Gasteiger partial charge in [0.05, 0.1) is 6.61 Å². The summed E-state index contributed by atoms with van der Waals surface area (Å²) in [6, 6.07) is 6.44. The number of hydrogen-bond acceptors (Lipinski definition) is 2. The van der Waals surface area contributed by atoms with Crippen LogP contribution in [0, 0.1) is 12.8 Å². The van der Waals surface area contributed by atoms with Crippen LogP contribution in [0.15, 0.2) is 18.2 Å². The first-order valence-corrected chi connectivity index (χ1v) is 6.22. The molecule has 0 spiro atoms. The average molecular weight is 219 g/mol. The minimum absolute atomic E-state index is 0.746. The summed E-state index contributed by atoms with van der Waals surface area (Å²) >= 11 is 0. The third-order valence-corrected chi connectivity index (χ3v) is 3.04. The average Bonchev–Trinajstić information content (AvgIpc) is 3.09. The highest BCUT2D eigenvalue weighted by Gasteiger charge is 2.22. The van der Waals surface area contributed by atoms with Crippen LogP contribution in [0.25, 0.3) is 0 Å². The molecule has 0 amide bonds. The molecule has 2 nitrogen and oxygen atoms in total. The molecule has 0 aliphatic heterocycles. The predicted molar refractivity (Wildman–Crippen MR) is 66.8 cm³/mol. The van der Waals surface area contributed by atoms with Crippen LogP contribution in [0.2, 0.25) is 0 Å². The van der Waals surface area contributed by atoms with Gasteiger partial charge in [-0.25, -0.2) is 0 Å². The van der Waals surface area contributed by atoms with Crippen LogP contribution in [-0.4, -0.2) is 13.2 Å². The highest BCUT2D eigenvalue weighted by molar-refractivity contribution is 5.37. The van der Waals surface area contributed by atoms with Gasteiger partial charge < -0.3 is 10.5 Å². The Balaban J connectivity index is 2.00. The normalized spacial score (nSPS) is 15.1. The van der Waals surface area contributed by atoms with Crippen molar-refractivity contribution in [1.29, 1.82) is 0 Å². The van der Waals surface area contributed by atoms with Crippen molar-refractivity contribution in [2.75, 3.05) is 13.2 Å². The lowest BCUT2D eigenvalue weighted by Crippen LogP contribution is -2.04. The summed E-state index contributed by atoms with van der Waals surface area (Å²) in [5.41, 5.74) is 8.16. The van der Waals surface area contributed by atoms with Crippen molar-refractivity contribution in [3.05, 3.63) is 29.3 Å². The molecule has 0 radical (unpaired) electrons. The van der Waals surface area contributed by atoms with Gasteiger partial charge in [-0.05, 0) is 56.7 Å². The summed E-state index contributed by atoms with van der Waals surface area (Å²) in [4.78, 5) is 0. The van der Waals surface area contributed by atoms with Crippen molar-refractivity contribution >= 4 is 0 Å². The number of aryl methyl sites for hydroxylation is 2. The summed E-state index contributed by atoms with van der Waals surface area (Å²) in [5.74, 6) is 1.87. The smallest absolute Gasteiger partial charge is 0.122 e. The molecular weight excluding hydrogens is 198 g/mol. The quantitative estimate of drug-likeness (QED) is 0.798. The van der Waals surface area contributed by atoms with E-state index in [1.165, 1.54) is 24.0 Å². The second kappa shape index (κ2) is 5.35. The number of benzene rings is 1. The standard InChI is InChI=1S/C14H21NO/c1-11-4-7-14(16-10-12-5-6-12)13(9-11)3-2-8-15/h4,7,9,12H,2-3,5-6,8,10,15H2,1H3. The number of ether oxygens (including phenoxy) is 1. The summed E-state index contributed by atoms with van der Waals surface area (Å²) < 4.78 is 5.87. The number of rotatable bonds is 6. The largest absolute Gasteiger partial charge is 0.493 e. The summed E-state index contributed by atoms with van der Waals surface area (Å²) in [5, 5.41) is 0. The highest BCUT2D eigenvalue weighted by Crippen LogP contribution is 2.30. The molecule has 0 saturated heterocycles. The first kappa shape index (κ1) is 11.5. The maximum absolute atomic E-state index is 5.87. The Morgan fingerprint density at radius 2 is 2.19 bits per heavy atom. The monoisotopic (exact) mass is 219 g/mol. The summed E-state index contributed by atoms with van der Waals surface area (Å²) in [6.07, 6.45) is 4.73. The Kier molecular flexibility index (Phi) is 3.83. The second-order valence-corrected chi connectivity index (χ2v) is 4.76. The van der Waals surface area contributed by atoms with E-state index in [0.717, 1.165) is 37.7 Å². The summed E-state index contributed by atoms with van der Waals surface area (Å²) in [6.45, 7) is 3.76. The Morgan fingerprint density at radius 1 is 1.38 bits per heavy atom. The molecule has 1 saturated carbocycles. The molecule has 0 atom stereocenters. The highest BCUT2D eigenvalue weighted by atomic mass is 16.5. The first-order chi connectivity index (χ1) is 7.79. The molecule has 1 aromatic carbocycles. The SMILES string of the molecule is Cc1ccc(OCC2CC2)c(CCCN)c1. The van der Waals surface area contributed by atoms with Crippen LogP contribution in [0.1, 0.15) is 30.4 Å². The van der Waals surface area contributed by atoms with Crippen molar-refractivity contribution < 1.29 is 4.74 Å². The lowest BCUT2D eigenvalue weighted by Gasteiger charge is -2.11. The molecule has 0 unspecified atom stereocenters. The van der Waals surface area contributed by atoms with Gasteiger partial charge in [0, 0.05) is 0 Å². The molecule has 1 aromatic rings. The Labute approximate surface area is 97.8 Å². The fourth-order valence-electron chi connectivity index (χ4n) is 1.83. The van der Waals surface area contributed by atoms with E-state index in [4.69, 9.17) is 10.5 Å². The molecule has 1 aliphatic rings. The minimum Gasteiger partial charge on any atom is -0.493 e. The van der Waals surface area contributed by atoms with Crippen molar-refractivity contribution in [1.82, 2.24) is 0 Å². The van der Waals surface area contributed by atoms with E-state index in [2.05, 4.69) is 25.1 Å². The van der Waals surface area contributed by atoms with E-state index in [1.54, 1.807) is 0 Å². The van der Waals surface area contributed by atoms with E-state index in [1.807, 2.05) is 0 Å². The van der Waals surface area contributed by atoms with Crippen molar-refractivity contribution in [3.63, 3.8) is 0 Å². The third-order valence-electron chi connectivity index (χ3n) is 3.04. The van der Waals surface area contributed by atoms with Crippen LogP contribution in [0.3, 0.4) is 0 Å². The van der Waals surface area contributed by atoms with Crippen molar-refractivity contribution in [3.8, 4) is 5.75 Å². The van der Waals surface area contributed by atoms with Gasteiger partial charge in [0.1, 0.15) is 5.75 Å². The van der Waals surface area contributed by atoms with Gasteiger partial charge in [-0.15, -0.1) is 0 Å². The van der Waals surface area contributed by atoms with Crippen LogP contribution in [0.4, 0.5) is 0 Å². The zero-order valence-electron chi connectivity index (χ0n) is 10.0. The van der Waals surface area contributed by atoms with E-state index in [-0.39, 0.29) is 0 Å². The molecule has 1 fully saturated rings. The van der Waals surface area contributed by atoms with E-state index in [9.17, 15) is 0 Å². The fourth-order valence-corrected chi connectivity index (χ4v) is 1.83. The molecule has 1 aliphatic carbocycles. The molecule has 2 rings (SSSR count). The van der Waals surface area contributed by atoms with Crippen LogP contribution >= 0.6 is 0 Å². The Hall–Kier alpha value is -1.02. The first-order valence-electron chi connectivity index (χ1n) is 6.22. The van der Waals surface area contributed by atoms with Gasteiger partial charge in [0.15, 0.2) is 0 Å². The minimum atomic E-state index is 0.746. The molecule has 2 heteroatoms. The van der Waals surface area contributed by atoms with E-state index in [0.29, 0.717) is 0 Å². The topological polar surface area (TPSA) is 35.2 Å². The fraction of sp³-hybridized carbons (Fsp3) is 0.571. The lowest BCUT2D eigenvalue weighted by molar-refractivity contribution is 0.296. The molecule has 0 heterocycles. The third kappa shape index (κ3) is 3.24. The maximum atomic E-state index is 5.87. The van der Waals surface area contributed by atoms with Gasteiger partial charge in [-0.3, -0.25) is 0 Å². The van der Waals surface area contributed by atoms with Crippen LogP contribution in [-0.2, 0) is 6.42 Å². The molecule has 88 valence electrons. The summed E-state index contributed by atoms with van der Waals surface area (Å²) in [7, 11) is 0. The second-order valence-electron chi connectivity index (χ2n) is 4.76. The number of hydrogen-bond donors (Lipinski definition) is 1. The van der Waals surface area contributed by atoms with Gasteiger partial charge >= 0.3 is 0 Å². The van der Waals surface area contributed by atoms with Crippen molar-refractivity contribution in [2.24, 2.45) is 11.7 Å². The van der Waals surface area contributed by atoms with Gasteiger partial charge in [0.25, 0.3) is 0 Å². The lowest BCUT2D eigenvalue weighted by atomic mass is 10.1. The molecule has 0 aromatic heterocycles. The van der Waals surface area contributed by atoms with Crippen LogP contribution in [0.5, 0.6) is 5.75 Å². The van der Waals surface area contributed by atoms with Gasteiger partial charge in [0.2, 0.25) is 0 Å². The van der Waals surface area contributed by atoms with Crippen molar-refractivity contribution in [2.45, 2.75) is 32.6 Å². The van der Waals surface area contributed by atoms with Gasteiger partial charge in [-0.2, -0.15) is 0 Å². The van der Waals surface area contributed by atoms with Gasteiger partial charge in [-0.1, -0.05) is 17.7 Å². The number of nitrogens with two attached hydrogens (primary N) is 1.